The van der Waals surface area contributed by atoms with Crippen LogP contribution in [0.4, 0.5) is 0 Å². The van der Waals surface area contributed by atoms with E-state index in [2.05, 4.69) is 5.32 Å². The van der Waals surface area contributed by atoms with Crippen molar-refractivity contribution < 1.29 is 19.1 Å². The molecular weight excluding hydrogens is 404 g/mol. The number of carbonyl (C=O) groups is 2. The lowest BCUT2D eigenvalue weighted by atomic mass is 10.1. The second kappa shape index (κ2) is 11.0. The molecule has 2 aromatic rings. The minimum atomic E-state index is -0.615. The predicted molar refractivity (Wildman–Crippen MR) is 127 cm³/mol. The highest BCUT2D eigenvalue weighted by atomic mass is 16.5. The average molecular weight is 441 g/mol. The maximum Gasteiger partial charge on any atom is 0.261 e. The number of hydrogen-bond acceptors (Lipinski definition) is 4. The lowest BCUT2D eigenvalue weighted by Crippen LogP contribution is -2.54. The molecule has 0 aliphatic carbocycles. The number of ether oxygens (including phenoxy) is 2. The molecule has 6 heteroatoms. The monoisotopic (exact) mass is 440 g/mol. The van der Waals surface area contributed by atoms with Crippen LogP contribution < -0.4 is 14.8 Å². The van der Waals surface area contributed by atoms with E-state index in [0.717, 1.165) is 16.7 Å². The lowest BCUT2D eigenvalue weighted by Gasteiger charge is -2.33. The summed E-state index contributed by atoms with van der Waals surface area (Å²) in [5.74, 6) is 0.910. The number of hydrogen-bond donors (Lipinski definition) is 1. The zero-order valence-corrected chi connectivity index (χ0v) is 20.3. The molecule has 2 rings (SSSR count). The van der Waals surface area contributed by atoms with Crippen LogP contribution in [0.2, 0.25) is 0 Å². The van der Waals surface area contributed by atoms with Gasteiger partial charge in [0.2, 0.25) is 5.91 Å². The molecule has 0 spiro atoms. The summed E-state index contributed by atoms with van der Waals surface area (Å²) in [5, 5.41) is 3.00. The van der Waals surface area contributed by atoms with Gasteiger partial charge in [-0.2, -0.15) is 0 Å². The molecule has 0 heterocycles. The lowest BCUT2D eigenvalue weighted by molar-refractivity contribution is -0.143. The quantitative estimate of drug-likeness (QED) is 0.627. The van der Waals surface area contributed by atoms with Crippen molar-refractivity contribution in [2.24, 2.45) is 0 Å². The second-order valence-electron chi connectivity index (χ2n) is 9.07. The van der Waals surface area contributed by atoms with Crippen molar-refractivity contribution in [1.82, 2.24) is 10.2 Å². The summed E-state index contributed by atoms with van der Waals surface area (Å²) < 4.78 is 11.1. The molecule has 0 bridgehead atoms. The molecule has 0 saturated heterocycles. The molecule has 0 saturated carbocycles. The maximum absolute atomic E-state index is 13.3. The van der Waals surface area contributed by atoms with E-state index in [1.165, 1.54) is 0 Å². The SMILES string of the molecule is CC[C@H](C(=O)NC(C)(C)C)N(Cc1cccc(OC)c1)C(=O)COc1ccc(C)c(C)c1. The first-order valence-corrected chi connectivity index (χ1v) is 11.0. The van der Waals surface area contributed by atoms with Gasteiger partial charge in [-0.1, -0.05) is 25.1 Å². The fraction of sp³-hybridized carbons (Fsp3) is 0.462. The Labute approximate surface area is 191 Å². The van der Waals surface area contributed by atoms with E-state index in [1.54, 1.807) is 12.0 Å². The Morgan fingerprint density at radius 1 is 1.03 bits per heavy atom. The van der Waals surface area contributed by atoms with Gasteiger partial charge in [-0.15, -0.1) is 0 Å². The van der Waals surface area contributed by atoms with Crippen LogP contribution in [0.25, 0.3) is 0 Å². The molecule has 174 valence electrons. The van der Waals surface area contributed by atoms with Crippen LogP contribution in [0.15, 0.2) is 42.5 Å². The first-order valence-electron chi connectivity index (χ1n) is 11.0. The minimum Gasteiger partial charge on any atom is -0.497 e. The van der Waals surface area contributed by atoms with E-state index in [1.807, 2.05) is 84.0 Å². The maximum atomic E-state index is 13.3. The van der Waals surface area contributed by atoms with Crippen LogP contribution in [0.3, 0.4) is 0 Å². The summed E-state index contributed by atoms with van der Waals surface area (Å²) in [6, 6.07) is 12.6. The Bertz CT molecular complexity index is 934. The van der Waals surface area contributed by atoms with E-state index in [0.29, 0.717) is 17.9 Å². The molecule has 0 aliphatic heterocycles. The third-order valence-corrected chi connectivity index (χ3v) is 5.21. The molecule has 0 fully saturated rings. The highest BCUT2D eigenvalue weighted by Gasteiger charge is 2.31. The number of amides is 2. The van der Waals surface area contributed by atoms with Crippen LogP contribution in [-0.4, -0.2) is 42.0 Å². The van der Waals surface area contributed by atoms with E-state index in [4.69, 9.17) is 9.47 Å². The van der Waals surface area contributed by atoms with Crippen molar-refractivity contribution in [3.05, 3.63) is 59.2 Å². The number of carbonyl (C=O) groups excluding carboxylic acids is 2. The number of nitrogens with zero attached hydrogens (tertiary/aromatic N) is 1. The predicted octanol–water partition coefficient (Wildman–Crippen LogP) is 4.41. The molecular formula is C26H36N2O4. The minimum absolute atomic E-state index is 0.147. The topological polar surface area (TPSA) is 67.9 Å². The van der Waals surface area contributed by atoms with Gasteiger partial charge in [0.15, 0.2) is 6.61 Å². The van der Waals surface area contributed by atoms with Gasteiger partial charge < -0.3 is 19.7 Å². The zero-order chi connectivity index (χ0) is 23.9. The number of aryl methyl sites for hydroxylation is 2. The molecule has 0 aromatic heterocycles. The summed E-state index contributed by atoms with van der Waals surface area (Å²) in [4.78, 5) is 27.9. The summed E-state index contributed by atoms with van der Waals surface area (Å²) in [6.45, 7) is 11.8. The van der Waals surface area contributed by atoms with Gasteiger partial charge in [0.05, 0.1) is 7.11 Å². The van der Waals surface area contributed by atoms with Gasteiger partial charge in [0.25, 0.3) is 5.91 Å². The van der Waals surface area contributed by atoms with Crippen LogP contribution in [0.5, 0.6) is 11.5 Å². The number of rotatable bonds is 9. The summed E-state index contributed by atoms with van der Waals surface area (Å²) in [7, 11) is 1.60. The Morgan fingerprint density at radius 2 is 1.75 bits per heavy atom. The average Bonchev–Trinajstić information content (AvgIpc) is 2.73. The zero-order valence-electron chi connectivity index (χ0n) is 20.3. The van der Waals surface area contributed by atoms with Crippen LogP contribution in [0, 0.1) is 13.8 Å². The molecule has 1 atom stereocenters. The van der Waals surface area contributed by atoms with Crippen molar-refractivity contribution in [2.45, 2.75) is 66.1 Å². The van der Waals surface area contributed by atoms with Gasteiger partial charge in [-0.3, -0.25) is 9.59 Å². The molecule has 6 nitrogen and oxygen atoms in total. The summed E-state index contributed by atoms with van der Waals surface area (Å²) in [5.41, 5.74) is 2.74. The Morgan fingerprint density at radius 3 is 2.34 bits per heavy atom. The molecule has 2 amide bonds. The number of benzene rings is 2. The highest BCUT2D eigenvalue weighted by Crippen LogP contribution is 2.20. The van der Waals surface area contributed by atoms with Gasteiger partial charge in [-0.05, 0) is 82.0 Å². The molecule has 0 radical (unpaired) electrons. The van der Waals surface area contributed by atoms with Gasteiger partial charge in [-0.25, -0.2) is 0 Å². The molecule has 0 unspecified atom stereocenters. The summed E-state index contributed by atoms with van der Waals surface area (Å²) >= 11 is 0. The number of nitrogens with one attached hydrogen (secondary N) is 1. The highest BCUT2D eigenvalue weighted by molar-refractivity contribution is 5.88. The van der Waals surface area contributed by atoms with Crippen molar-refractivity contribution >= 4 is 11.8 Å². The van der Waals surface area contributed by atoms with Crippen LogP contribution in [-0.2, 0) is 16.1 Å². The van der Waals surface area contributed by atoms with E-state index < -0.39 is 11.6 Å². The largest absolute Gasteiger partial charge is 0.497 e. The fourth-order valence-electron chi connectivity index (χ4n) is 3.37. The smallest absolute Gasteiger partial charge is 0.261 e. The van der Waals surface area contributed by atoms with E-state index in [9.17, 15) is 9.59 Å². The standard InChI is InChI=1S/C26H36N2O4/c1-8-23(25(30)27-26(4,5)6)28(16-20-10-9-11-21(15-20)31-7)24(29)17-32-22-13-12-18(2)19(3)14-22/h9-15,23H,8,16-17H2,1-7H3,(H,27,30)/t23-/m1/s1. The van der Waals surface area contributed by atoms with Crippen LogP contribution >= 0.6 is 0 Å². The van der Waals surface area contributed by atoms with Crippen molar-refractivity contribution in [3.8, 4) is 11.5 Å². The van der Waals surface area contributed by atoms with Gasteiger partial charge >= 0.3 is 0 Å². The third kappa shape index (κ3) is 7.29. The van der Waals surface area contributed by atoms with Gasteiger partial charge in [0.1, 0.15) is 17.5 Å². The molecule has 2 aromatic carbocycles. The molecule has 0 aliphatic rings. The Hall–Kier alpha value is -3.02. The fourth-order valence-corrected chi connectivity index (χ4v) is 3.37. The summed E-state index contributed by atoms with van der Waals surface area (Å²) in [6.07, 6.45) is 0.487. The van der Waals surface area contributed by atoms with Crippen LogP contribution in [0.1, 0.15) is 50.8 Å². The normalized spacial score (nSPS) is 12.1. The van der Waals surface area contributed by atoms with Crippen molar-refractivity contribution in [3.63, 3.8) is 0 Å². The third-order valence-electron chi connectivity index (χ3n) is 5.21. The van der Waals surface area contributed by atoms with E-state index >= 15 is 0 Å². The van der Waals surface area contributed by atoms with Crippen molar-refractivity contribution in [2.75, 3.05) is 13.7 Å². The van der Waals surface area contributed by atoms with E-state index in [-0.39, 0.29) is 25.0 Å². The van der Waals surface area contributed by atoms with Crippen molar-refractivity contribution in [1.29, 1.82) is 0 Å². The Balaban J connectivity index is 2.26. The van der Waals surface area contributed by atoms with Gasteiger partial charge in [0, 0.05) is 12.1 Å². The first-order chi connectivity index (χ1) is 15.0. The number of methoxy groups -OCH3 is 1. The second-order valence-corrected chi connectivity index (χ2v) is 9.07. The Kier molecular flexibility index (Phi) is 8.70. The first kappa shape index (κ1) is 25.2. The molecule has 32 heavy (non-hydrogen) atoms. The molecule has 1 N–H and O–H groups in total.